The van der Waals surface area contributed by atoms with Crippen molar-refractivity contribution in [2.24, 2.45) is 0 Å². The summed E-state index contributed by atoms with van der Waals surface area (Å²) in [6, 6.07) is 0. The number of amides is 1. The summed E-state index contributed by atoms with van der Waals surface area (Å²) in [6.45, 7) is 7.06. The van der Waals surface area contributed by atoms with E-state index < -0.39 is 6.09 Å². The van der Waals surface area contributed by atoms with Crippen molar-refractivity contribution in [2.45, 2.75) is 6.92 Å². The summed E-state index contributed by atoms with van der Waals surface area (Å²) in [6.07, 6.45) is -0.445. The van der Waals surface area contributed by atoms with Gasteiger partial charge in [0.15, 0.2) is 0 Å². The van der Waals surface area contributed by atoms with Gasteiger partial charge in [0, 0.05) is 13.2 Å². The molecule has 0 heterocycles. The number of ether oxygens (including phenoxy) is 2. The molecule has 0 aromatic heterocycles. The molecule has 11 heavy (non-hydrogen) atoms. The lowest BCUT2D eigenvalue weighted by atomic mass is 10.7. The van der Waals surface area contributed by atoms with Crippen LogP contribution in [-0.2, 0) is 9.47 Å². The highest BCUT2D eigenvalue weighted by molar-refractivity contribution is 5.67. The van der Waals surface area contributed by atoms with Crippen LogP contribution >= 0.6 is 0 Å². The summed E-state index contributed by atoms with van der Waals surface area (Å²) in [5, 5.41) is 2.49. The standard InChI is InChI=1S/C7H14NO3/c1-3-10-6-5-8-7(9)11-4-2/h2-6H2,1H3,(H,8,9). The first-order valence-corrected chi connectivity index (χ1v) is 3.58. The third kappa shape index (κ3) is 7.12. The molecule has 0 rings (SSSR count). The van der Waals surface area contributed by atoms with Crippen LogP contribution < -0.4 is 5.32 Å². The molecule has 1 amide bonds. The van der Waals surface area contributed by atoms with Crippen molar-refractivity contribution in [3.8, 4) is 0 Å². The quantitative estimate of drug-likeness (QED) is 0.598. The lowest BCUT2D eigenvalue weighted by Gasteiger charge is -2.04. The summed E-state index contributed by atoms with van der Waals surface area (Å²) in [4.78, 5) is 10.6. The Balaban J connectivity index is 3.04. The maximum Gasteiger partial charge on any atom is 0.407 e. The van der Waals surface area contributed by atoms with E-state index >= 15 is 0 Å². The van der Waals surface area contributed by atoms with Gasteiger partial charge in [-0.25, -0.2) is 4.79 Å². The Morgan fingerprint density at radius 1 is 1.64 bits per heavy atom. The van der Waals surface area contributed by atoms with Gasteiger partial charge in [-0.2, -0.15) is 0 Å². The molecule has 0 aliphatic heterocycles. The topological polar surface area (TPSA) is 47.6 Å². The molecule has 0 saturated heterocycles. The van der Waals surface area contributed by atoms with Crippen LogP contribution in [0.2, 0.25) is 0 Å². The number of nitrogens with one attached hydrogen (secondary N) is 1. The van der Waals surface area contributed by atoms with Crippen molar-refractivity contribution in [3.05, 3.63) is 6.92 Å². The summed E-state index contributed by atoms with van der Waals surface area (Å²) in [5.41, 5.74) is 0. The molecule has 0 unspecified atom stereocenters. The van der Waals surface area contributed by atoms with E-state index in [0.29, 0.717) is 19.8 Å². The molecular formula is C7H14NO3. The maximum atomic E-state index is 10.6. The van der Waals surface area contributed by atoms with Gasteiger partial charge in [-0.3, -0.25) is 0 Å². The van der Waals surface area contributed by atoms with E-state index in [1.54, 1.807) is 0 Å². The Kier molecular flexibility index (Phi) is 6.82. The smallest absolute Gasteiger partial charge is 0.407 e. The predicted molar refractivity (Wildman–Crippen MR) is 41.2 cm³/mol. The Bertz CT molecular complexity index is 106. The Morgan fingerprint density at radius 2 is 2.36 bits per heavy atom. The molecule has 0 aliphatic carbocycles. The molecule has 0 spiro atoms. The largest absolute Gasteiger partial charge is 0.450 e. The summed E-state index contributed by atoms with van der Waals surface area (Å²) in [7, 11) is 0. The number of carbonyl (C=O) groups is 1. The normalized spacial score (nSPS) is 9.27. The lowest BCUT2D eigenvalue weighted by Crippen LogP contribution is -2.27. The van der Waals surface area contributed by atoms with E-state index in [9.17, 15) is 4.79 Å². The van der Waals surface area contributed by atoms with Crippen LogP contribution in [-0.4, -0.2) is 32.5 Å². The third-order valence-electron chi connectivity index (χ3n) is 0.953. The molecule has 4 heteroatoms. The maximum absolute atomic E-state index is 10.6. The van der Waals surface area contributed by atoms with E-state index in [4.69, 9.17) is 4.74 Å². The Labute approximate surface area is 66.9 Å². The van der Waals surface area contributed by atoms with E-state index in [0.717, 1.165) is 0 Å². The zero-order chi connectivity index (χ0) is 8.53. The Morgan fingerprint density at radius 3 is 2.91 bits per heavy atom. The molecule has 0 aromatic rings. The van der Waals surface area contributed by atoms with E-state index in [1.165, 1.54) is 0 Å². The van der Waals surface area contributed by atoms with Gasteiger partial charge in [0.1, 0.15) is 0 Å². The molecular weight excluding hydrogens is 146 g/mol. The van der Waals surface area contributed by atoms with Gasteiger partial charge in [-0.15, -0.1) is 0 Å². The Hall–Kier alpha value is -0.770. The molecule has 0 atom stereocenters. The van der Waals surface area contributed by atoms with Crippen molar-refractivity contribution in [3.63, 3.8) is 0 Å². The minimum Gasteiger partial charge on any atom is -0.450 e. The first-order valence-electron chi connectivity index (χ1n) is 3.58. The molecule has 65 valence electrons. The second-order valence-corrected chi connectivity index (χ2v) is 1.76. The van der Waals surface area contributed by atoms with Gasteiger partial charge < -0.3 is 14.8 Å². The van der Waals surface area contributed by atoms with Crippen LogP contribution in [0.1, 0.15) is 6.92 Å². The molecule has 0 saturated carbocycles. The van der Waals surface area contributed by atoms with Crippen molar-refractivity contribution >= 4 is 6.09 Å². The average Bonchev–Trinajstić information content (AvgIpc) is 1.99. The van der Waals surface area contributed by atoms with Crippen LogP contribution in [0.15, 0.2) is 0 Å². The zero-order valence-electron chi connectivity index (χ0n) is 6.76. The number of carbonyl (C=O) groups excluding carboxylic acids is 1. The van der Waals surface area contributed by atoms with Gasteiger partial charge in [-0.1, -0.05) is 0 Å². The first-order chi connectivity index (χ1) is 5.31. The zero-order valence-corrected chi connectivity index (χ0v) is 6.76. The second-order valence-electron chi connectivity index (χ2n) is 1.76. The highest BCUT2D eigenvalue weighted by Gasteiger charge is 1.96. The first kappa shape index (κ1) is 10.2. The molecule has 0 bridgehead atoms. The molecule has 1 N–H and O–H groups in total. The highest BCUT2D eigenvalue weighted by Crippen LogP contribution is 1.76. The fraction of sp³-hybridized carbons (Fsp3) is 0.714. The second kappa shape index (κ2) is 7.34. The van der Waals surface area contributed by atoms with Gasteiger partial charge in [0.25, 0.3) is 0 Å². The molecule has 4 nitrogen and oxygen atoms in total. The van der Waals surface area contributed by atoms with Crippen LogP contribution in [0.3, 0.4) is 0 Å². The number of hydrogen-bond donors (Lipinski definition) is 1. The molecule has 1 radical (unpaired) electrons. The van der Waals surface area contributed by atoms with Gasteiger partial charge in [0.05, 0.1) is 13.2 Å². The number of hydrogen-bond acceptors (Lipinski definition) is 3. The fourth-order valence-electron chi connectivity index (χ4n) is 0.513. The fourth-order valence-corrected chi connectivity index (χ4v) is 0.513. The molecule has 0 fully saturated rings. The minimum absolute atomic E-state index is 0.153. The monoisotopic (exact) mass is 160 g/mol. The van der Waals surface area contributed by atoms with Crippen LogP contribution in [0, 0.1) is 6.92 Å². The molecule has 0 aromatic carbocycles. The lowest BCUT2D eigenvalue weighted by molar-refractivity contribution is 0.134. The van der Waals surface area contributed by atoms with Crippen LogP contribution in [0.25, 0.3) is 0 Å². The minimum atomic E-state index is -0.445. The van der Waals surface area contributed by atoms with E-state index in [1.807, 2.05) is 6.92 Å². The summed E-state index contributed by atoms with van der Waals surface area (Å²) < 4.78 is 9.48. The van der Waals surface area contributed by atoms with E-state index in [2.05, 4.69) is 17.0 Å². The van der Waals surface area contributed by atoms with Crippen molar-refractivity contribution < 1.29 is 14.3 Å². The van der Waals surface area contributed by atoms with Crippen molar-refractivity contribution in [1.29, 1.82) is 0 Å². The summed E-state index contributed by atoms with van der Waals surface area (Å²) in [5.74, 6) is 0. The number of alkyl carbamates (subject to hydrolysis) is 1. The van der Waals surface area contributed by atoms with Crippen molar-refractivity contribution in [1.82, 2.24) is 5.32 Å². The third-order valence-corrected chi connectivity index (χ3v) is 0.953. The van der Waals surface area contributed by atoms with Crippen molar-refractivity contribution in [2.75, 3.05) is 26.4 Å². The summed E-state index contributed by atoms with van der Waals surface area (Å²) >= 11 is 0. The van der Waals surface area contributed by atoms with Crippen LogP contribution in [0.5, 0.6) is 0 Å². The SMILES string of the molecule is [CH2]COC(=O)NCCOCC. The van der Waals surface area contributed by atoms with Crippen LogP contribution in [0.4, 0.5) is 4.79 Å². The molecule has 0 aliphatic rings. The average molecular weight is 160 g/mol. The van der Waals surface area contributed by atoms with Gasteiger partial charge in [0.2, 0.25) is 0 Å². The highest BCUT2D eigenvalue weighted by atomic mass is 16.5. The number of rotatable bonds is 5. The van der Waals surface area contributed by atoms with E-state index in [-0.39, 0.29) is 6.61 Å². The predicted octanol–water partition coefficient (Wildman–Crippen LogP) is 0.583. The van der Waals surface area contributed by atoms with Gasteiger partial charge >= 0.3 is 6.09 Å². The van der Waals surface area contributed by atoms with Gasteiger partial charge in [-0.05, 0) is 13.8 Å².